The van der Waals surface area contributed by atoms with E-state index < -0.39 is 5.97 Å². The van der Waals surface area contributed by atoms with Crippen molar-refractivity contribution in [2.45, 2.75) is 129 Å². The van der Waals surface area contributed by atoms with Crippen LogP contribution in [0.5, 0.6) is 0 Å². The molecule has 0 heterocycles. The molecule has 25 heavy (non-hydrogen) atoms. The smallest absolute Gasteiger partial charge is 0.303 e. The molecule has 0 spiro atoms. The molecule has 0 rings (SSSR count). The molecule has 0 aliphatic rings. The van der Waals surface area contributed by atoms with Crippen LogP contribution >= 0.6 is 0 Å². The Morgan fingerprint density at radius 3 is 1.08 bits per heavy atom. The third-order valence-corrected chi connectivity index (χ3v) is 4.99. The molecule has 0 radical (unpaired) electrons. The van der Waals surface area contributed by atoms with Gasteiger partial charge in [-0.2, -0.15) is 0 Å². The first-order valence-corrected chi connectivity index (χ1v) is 10.9. The Balaban J connectivity index is 3.03. The molecule has 0 aromatic carbocycles. The van der Waals surface area contributed by atoms with E-state index in [0.29, 0.717) is 18.6 Å². The number of ketones is 1. The Labute approximate surface area is 156 Å². The van der Waals surface area contributed by atoms with E-state index in [1.54, 1.807) is 0 Å². The second kappa shape index (κ2) is 19.5. The number of aliphatic carboxylic acids is 1. The Hall–Kier alpha value is -0.860. The molecule has 0 bridgehead atoms. The summed E-state index contributed by atoms with van der Waals surface area (Å²) in [4.78, 5) is 21.6. The molecule has 0 aromatic rings. The summed E-state index contributed by atoms with van der Waals surface area (Å²) in [5, 5.41) is 8.55. The average molecular weight is 355 g/mol. The lowest BCUT2D eigenvalue weighted by Crippen LogP contribution is -1.94. The van der Waals surface area contributed by atoms with Crippen LogP contribution in [0, 0.1) is 0 Å². The van der Waals surface area contributed by atoms with Gasteiger partial charge in [-0.25, -0.2) is 0 Å². The highest BCUT2D eigenvalue weighted by atomic mass is 16.4. The first-order valence-electron chi connectivity index (χ1n) is 10.9. The van der Waals surface area contributed by atoms with Gasteiger partial charge < -0.3 is 5.11 Å². The van der Waals surface area contributed by atoms with Crippen molar-refractivity contribution in [2.24, 2.45) is 0 Å². The Morgan fingerprint density at radius 2 is 0.800 bits per heavy atom. The van der Waals surface area contributed by atoms with Crippen molar-refractivity contribution >= 4 is 11.8 Å². The molecule has 3 nitrogen and oxygen atoms in total. The standard InChI is InChI=1S/C22H42O3/c1-2-21(23)19-17-15-13-11-9-7-5-3-4-6-8-10-12-14-16-18-20-22(24)25/h2-20H2,1H3,(H,24,25). The van der Waals surface area contributed by atoms with Gasteiger partial charge in [0, 0.05) is 19.3 Å². The minimum absolute atomic E-state index is 0.332. The number of carbonyl (C=O) groups is 2. The van der Waals surface area contributed by atoms with E-state index in [1.807, 2.05) is 6.92 Å². The second-order valence-corrected chi connectivity index (χ2v) is 7.44. The summed E-state index contributed by atoms with van der Waals surface area (Å²) in [5.74, 6) is -0.248. The fourth-order valence-corrected chi connectivity index (χ4v) is 3.25. The van der Waals surface area contributed by atoms with Crippen LogP contribution in [0.4, 0.5) is 0 Å². The largest absolute Gasteiger partial charge is 0.481 e. The normalized spacial score (nSPS) is 10.9. The maximum absolute atomic E-state index is 11.2. The number of Topliss-reactive ketones (excluding diaryl/α,β-unsaturated/α-hetero) is 1. The van der Waals surface area contributed by atoms with Crippen molar-refractivity contribution in [2.75, 3.05) is 0 Å². The van der Waals surface area contributed by atoms with Crippen LogP contribution in [-0.4, -0.2) is 16.9 Å². The summed E-state index contributed by atoms with van der Waals surface area (Å²) >= 11 is 0. The first-order chi connectivity index (χ1) is 12.2. The zero-order chi connectivity index (χ0) is 18.6. The highest BCUT2D eigenvalue weighted by Crippen LogP contribution is 2.14. The summed E-state index contributed by atoms with van der Waals surface area (Å²) in [5.41, 5.74) is 0. The summed E-state index contributed by atoms with van der Waals surface area (Å²) < 4.78 is 0. The maximum atomic E-state index is 11.2. The number of unbranched alkanes of at least 4 members (excludes halogenated alkanes) is 15. The molecule has 0 saturated heterocycles. The van der Waals surface area contributed by atoms with Gasteiger partial charge in [0.25, 0.3) is 0 Å². The van der Waals surface area contributed by atoms with Gasteiger partial charge in [-0.05, 0) is 12.8 Å². The third-order valence-electron chi connectivity index (χ3n) is 4.99. The average Bonchev–Trinajstić information content (AvgIpc) is 2.60. The molecule has 148 valence electrons. The van der Waals surface area contributed by atoms with E-state index in [4.69, 9.17) is 5.11 Å². The number of hydrogen-bond donors (Lipinski definition) is 1. The van der Waals surface area contributed by atoms with Gasteiger partial charge in [0.15, 0.2) is 0 Å². The highest BCUT2D eigenvalue weighted by Gasteiger charge is 1.98. The van der Waals surface area contributed by atoms with Gasteiger partial charge in [0.2, 0.25) is 0 Å². The summed E-state index contributed by atoms with van der Waals surface area (Å²) in [6.45, 7) is 1.95. The molecule has 0 amide bonds. The maximum Gasteiger partial charge on any atom is 0.303 e. The van der Waals surface area contributed by atoms with Crippen LogP contribution in [0.2, 0.25) is 0 Å². The van der Waals surface area contributed by atoms with Crippen LogP contribution < -0.4 is 0 Å². The van der Waals surface area contributed by atoms with Gasteiger partial charge in [0.05, 0.1) is 0 Å². The fraction of sp³-hybridized carbons (Fsp3) is 0.909. The van der Waals surface area contributed by atoms with Crippen molar-refractivity contribution in [1.82, 2.24) is 0 Å². The topological polar surface area (TPSA) is 54.4 Å². The summed E-state index contributed by atoms with van der Waals surface area (Å²) in [6, 6.07) is 0. The monoisotopic (exact) mass is 354 g/mol. The quantitative estimate of drug-likeness (QED) is 0.238. The van der Waals surface area contributed by atoms with Crippen LogP contribution in [0.1, 0.15) is 129 Å². The lowest BCUT2D eigenvalue weighted by atomic mass is 10.0. The van der Waals surface area contributed by atoms with E-state index in [9.17, 15) is 9.59 Å². The SMILES string of the molecule is CCC(=O)CCCCCCCCCCCCCCCCCCC(=O)O. The van der Waals surface area contributed by atoms with E-state index >= 15 is 0 Å². The molecule has 1 N–H and O–H groups in total. The number of carboxylic acid groups (broad SMARTS) is 1. The number of hydrogen-bond acceptors (Lipinski definition) is 2. The van der Waals surface area contributed by atoms with E-state index in [2.05, 4.69) is 0 Å². The molecule has 3 heteroatoms. The zero-order valence-electron chi connectivity index (χ0n) is 16.7. The predicted octanol–water partition coefficient (Wildman–Crippen LogP) is 7.07. The van der Waals surface area contributed by atoms with Crippen LogP contribution in [0.25, 0.3) is 0 Å². The van der Waals surface area contributed by atoms with Crippen molar-refractivity contribution in [1.29, 1.82) is 0 Å². The molecule has 0 unspecified atom stereocenters. The Bertz CT molecular complexity index is 312. The van der Waals surface area contributed by atoms with Gasteiger partial charge in [-0.3, -0.25) is 9.59 Å². The number of carboxylic acids is 1. The van der Waals surface area contributed by atoms with Crippen LogP contribution in [0.3, 0.4) is 0 Å². The molecule has 0 aromatic heterocycles. The van der Waals surface area contributed by atoms with Crippen molar-refractivity contribution in [3.05, 3.63) is 0 Å². The lowest BCUT2D eigenvalue weighted by molar-refractivity contribution is -0.137. The van der Waals surface area contributed by atoms with E-state index in [1.165, 1.54) is 83.5 Å². The third kappa shape index (κ3) is 21.1. The van der Waals surface area contributed by atoms with E-state index in [-0.39, 0.29) is 0 Å². The van der Waals surface area contributed by atoms with E-state index in [0.717, 1.165) is 25.7 Å². The van der Waals surface area contributed by atoms with Crippen molar-refractivity contribution in [3.63, 3.8) is 0 Å². The molecule has 0 aliphatic heterocycles. The minimum atomic E-state index is -0.663. The highest BCUT2D eigenvalue weighted by molar-refractivity contribution is 5.77. The number of rotatable bonds is 20. The Kier molecular flexibility index (Phi) is 18.8. The van der Waals surface area contributed by atoms with Gasteiger partial charge in [-0.1, -0.05) is 96.8 Å². The predicted molar refractivity (Wildman–Crippen MR) is 106 cm³/mol. The molecular weight excluding hydrogens is 312 g/mol. The van der Waals surface area contributed by atoms with Crippen molar-refractivity contribution < 1.29 is 14.7 Å². The molecule has 0 aliphatic carbocycles. The second-order valence-electron chi connectivity index (χ2n) is 7.44. The zero-order valence-corrected chi connectivity index (χ0v) is 16.7. The molecule has 0 fully saturated rings. The first kappa shape index (κ1) is 24.1. The molecular formula is C22H42O3. The van der Waals surface area contributed by atoms with Crippen LogP contribution in [0.15, 0.2) is 0 Å². The minimum Gasteiger partial charge on any atom is -0.481 e. The number of carbonyl (C=O) groups excluding carboxylic acids is 1. The van der Waals surface area contributed by atoms with Gasteiger partial charge in [-0.15, -0.1) is 0 Å². The molecule has 0 atom stereocenters. The van der Waals surface area contributed by atoms with Gasteiger partial charge >= 0.3 is 5.97 Å². The Morgan fingerprint density at radius 1 is 0.520 bits per heavy atom. The van der Waals surface area contributed by atoms with Gasteiger partial charge in [0.1, 0.15) is 5.78 Å². The lowest BCUT2D eigenvalue weighted by Gasteiger charge is -2.03. The summed E-state index contributed by atoms with van der Waals surface area (Å²) in [6.07, 6.45) is 22.0. The summed E-state index contributed by atoms with van der Waals surface area (Å²) in [7, 11) is 0. The fourth-order valence-electron chi connectivity index (χ4n) is 3.25. The van der Waals surface area contributed by atoms with Crippen molar-refractivity contribution in [3.8, 4) is 0 Å². The molecule has 0 saturated carbocycles. The van der Waals surface area contributed by atoms with Crippen LogP contribution in [-0.2, 0) is 9.59 Å².